The molecule has 1 aromatic rings. The van der Waals surface area contributed by atoms with E-state index in [1.54, 1.807) is 11.0 Å². The summed E-state index contributed by atoms with van der Waals surface area (Å²) in [7, 11) is 0. The van der Waals surface area contributed by atoms with E-state index in [1.807, 2.05) is 13.0 Å². The Morgan fingerprint density at radius 1 is 1.38 bits per heavy atom. The van der Waals surface area contributed by atoms with Gasteiger partial charge in [-0.15, -0.1) is 12.4 Å². The van der Waals surface area contributed by atoms with E-state index < -0.39 is 0 Å². The van der Waals surface area contributed by atoms with Crippen molar-refractivity contribution in [3.63, 3.8) is 0 Å². The monoisotopic (exact) mass is 357 g/mol. The number of piperazine rings is 1. The second-order valence-corrected chi connectivity index (χ2v) is 5.71. The SMILES string of the molecule is CCCNC(=O)CCC(=O)N1CCNCC1c1cccc(F)c1.Cl. The van der Waals surface area contributed by atoms with Gasteiger partial charge in [-0.3, -0.25) is 9.59 Å². The summed E-state index contributed by atoms with van der Waals surface area (Å²) >= 11 is 0. The van der Waals surface area contributed by atoms with Gasteiger partial charge in [-0.25, -0.2) is 4.39 Å². The molecule has 1 fully saturated rings. The summed E-state index contributed by atoms with van der Waals surface area (Å²) in [5, 5.41) is 6.00. The lowest BCUT2D eigenvalue weighted by Gasteiger charge is -2.36. The first kappa shape index (κ1) is 20.4. The largest absolute Gasteiger partial charge is 0.356 e. The van der Waals surface area contributed by atoms with E-state index in [-0.39, 0.29) is 48.9 Å². The van der Waals surface area contributed by atoms with Crippen molar-refractivity contribution < 1.29 is 14.0 Å². The van der Waals surface area contributed by atoms with Crippen molar-refractivity contribution in [2.24, 2.45) is 0 Å². The molecule has 134 valence electrons. The fourth-order valence-electron chi connectivity index (χ4n) is 2.73. The molecule has 1 aliphatic heterocycles. The minimum absolute atomic E-state index is 0. The molecular formula is C17H25ClFN3O2. The fourth-order valence-corrected chi connectivity index (χ4v) is 2.73. The van der Waals surface area contributed by atoms with Crippen LogP contribution in [0.4, 0.5) is 4.39 Å². The minimum Gasteiger partial charge on any atom is -0.356 e. The van der Waals surface area contributed by atoms with Crippen LogP contribution in [0.1, 0.15) is 37.8 Å². The van der Waals surface area contributed by atoms with Gasteiger partial charge >= 0.3 is 0 Å². The summed E-state index contributed by atoms with van der Waals surface area (Å²) in [5.74, 6) is -0.468. The van der Waals surface area contributed by atoms with Crippen molar-refractivity contribution in [3.8, 4) is 0 Å². The summed E-state index contributed by atoms with van der Waals surface area (Å²) in [6.45, 7) is 4.48. The van der Waals surface area contributed by atoms with Crippen LogP contribution in [0.25, 0.3) is 0 Å². The van der Waals surface area contributed by atoms with Crippen LogP contribution in [0.15, 0.2) is 24.3 Å². The molecule has 2 N–H and O–H groups in total. The summed E-state index contributed by atoms with van der Waals surface area (Å²) in [4.78, 5) is 25.9. The Balaban J connectivity index is 0.00000288. The number of hydrogen-bond donors (Lipinski definition) is 2. The van der Waals surface area contributed by atoms with Crippen LogP contribution in [0.2, 0.25) is 0 Å². The van der Waals surface area contributed by atoms with Crippen LogP contribution >= 0.6 is 12.4 Å². The first-order valence-corrected chi connectivity index (χ1v) is 8.14. The maximum absolute atomic E-state index is 13.4. The van der Waals surface area contributed by atoms with Crippen molar-refractivity contribution in [2.45, 2.75) is 32.2 Å². The number of amides is 2. The highest BCUT2D eigenvalue weighted by Gasteiger charge is 2.28. The molecule has 0 aromatic heterocycles. The molecule has 0 bridgehead atoms. The molecule has 0 saturated carbocycles. The van der Waals surface area contributed by atoms with Crippen LogP contribution in [-0.2, 0) is 9.59 Å². The molecule has 1 aromatic carbocycles. The first-order valence-electron chi connectivity index (χ1n) is 8.14. The second-order valence-electron chi connectivity index (χ2n) is 5.71. The molecule has 7 heteroatoms. The van der Waals surface area contributed by atoms with Gasteiger partial charge in [-0.2, -0.15) is 0 Å². The third kappa shape index (κ3) is 5.76. The number of nitrogens with zero attached hydrogens (tertiary/aromatic N) is 1. The zero-order valence-electron chi connectivity index (χ0n) is 13.9. The van der Waals surface area contributed by atoms with Crippen molar-refractivity contribution in [2.75, 3.05) is 26.2 Å². The van der Waals surface area contributed by atoms with Crippen molar-refractivity contribution >= 4 is 24.2 Å². The minimum atomic E-state index is -0.306. The predicted octanol–water partition coefficient (Wildman–Crippen LogP) is 2.03. The first-order chi connectivity index (χ1) is 11.1. The average Bonchev–Trinajstić information content (AvgIpc) is 2.57. The average molecular weight is 358 g/mol. The van der Waals surface area contributed by atoms with Gasteiger partial charge in [0.15, 0.2) is 0 Å². The van der Waals surface area contributed by atoms with Gasteiger partial charge in [-0.1, -0.05) is 19.1 Å². The van der Waals surface area contributed by atoms with Gasteiger partial charge in [0.1, 0.15) is 5.82 Å². The van der Waals surface area contributed by atoms with E-state index in [1.165, 1.54) is 12.1 Å². The number of halogens is 2. The van der Waals surface area contributed by atoms with Crippen LogP contribution in [-0.4, -0.2) is 42.9 Å². The number of benzene rings is 1. The lowest BCUT2D eigenvalue weighted by atomic mass is 10.0. The van der Waals surface area contributed by atoms with Crippen LogP contribution in [0.3, 0.4) is 0 Å². The zero-order chi connectivity index (χ0) is 16.7. The maximum atomic E-state index is 13.4. The molecule has 1 heterocycles. The lowest BCUT2D eigenvalue weighted by molar-refractivity contribution is -0.136. The molecule has 2 rings (SSSR count). The molecule has 0 aliphatic carbocycles. The quantitative estimate of drug-likeness (QED) is 0.819. The molecule has 24 heavy (non-hydrogen) atoms. The molecule has 1 saturated heterocycles. The fraction of sp³-hybridized carbons (Fsp3) is 0.529. The maximum Gasteiger partial charge on any atom is 0.223 e. The normalized spacial score (nSPS) is 17.1. The van der Waals surface area contributed by atoms with Crippen LogP contribution < -0.4 is 10.6 Å². The van der Waals surface area contributed by atoms with Gasteiger partial charge < -0.3 is 15.5 Å². The van der Waals surface area contributed by atoms with Gasteiger partial charge in [-0.05, 0) is 24.1 Å². The Labute approximate surface area is 148 Å². The van der Waals surface area contributed by atoms with Gasteiger partial charge in [0, 0.05) is 39.0 Å². The summed E-state index contributed by atoms with van der Waals surface area (Å²) in [6, 6.07) is 6.15. The third-order valence-electron chi connectivity index (χ3n) is 3.94. The van der Waals surface area contributed by atoms with Gasteiger partial charge in [0.25, 0.3) is 0 Å². The second kappa shape index (κ2) is 10.3. The van der Waals surface area contributed by atoms with Gasteiger partial charge in [0.05, 0.1) is 6.04 Å². The highest BCUT2D eigenvalue weighted by molar-refractivity contribution is 5.85. The Bertz CT molecular complexity index is 556. The predicted molar refractivity (Wildman–Crippen MR) is 93.5 cm³/mol. The standard InChI is InChI=1S/C17H24FN3O2.ClH/c1-2-8-20-16(22)6-7-17(23)21-10-9-19-12-15(21)13-4-3-5-14(18)11-13;/h3-5,11,15,19H,2,6-10,12H2,1H3,(H,20,22);1H. The Kier molecular flexibility index (Phi) is 8.71. The lowest BCUT2D eigenvalue weighted by Crippen LogP contribution is -2.48. The molecular weight excluding hydrogens is 333 g/mol. The van der Waals surface area contributed by atoms with Gasteiger partial charge in [0.2, 0.25) is 11.8 Å². The van der Waals surface area contributed by atoms with Crippen molar-refractivity contribution in [1.82, 2.24) is 15.5 Å². The number of rotatable bonds is 6. The van der Waals surface area contributed by atoms with E-state index in [0.717, 1.165) is 12.0 Å². The molecule has 5 nitrogen and oxygen atoms in total. The summed E-state index contributed by atoms with van der Waals surface area (Å²) in [6.07, 6.45) is 1.25. The van der Waals surface area contributed by atoms with Crippen molar-refractivity contribution in [1.29, 1.82) is 0 Å². The van der Waals surface area contributed by atoms with E-state index in [2.05, 4.69) is 10.6 Å². The summed E-state index contributed by atoms with van der Waals surface area (Å²) < 4.78 is 13.4. The molecule has 0 spiro atoms. The van der Waals surface area contributed by atoms with E-state index in [4.69, 9.17) is 0 Å². The third-order valence-corrected chi connectivity index (χ3v) is 3.94. The van der Waals surface area contributed by atoms with Crippen LogP contribution in [0, 0.1) is 5.82 Å². The topological polar surface area (TPSA) is 61.4 Å². The summed E-state index contributed by atoms with van der Waals surface area (Å²) in [5.41, 5.74) is 0.779. The Morgan fingerprint density at radius 2 is 2.17 bits per heavy atom. The highest BCUT2D eigenvalue weighted by Crippen LogP contribution is 2.23. The van der Waals surface area contributed by atoms with E-state index >= 15 is 0 Å². The number of carbonyl (C=O) groups is 2. The Hall–Kier alpha value is -1.66. The number of hydrogen-bond acceptors (Lipinski definition) is 3. The smallest absolute Gasteiger partial charge is 0.223 e. The zero-order valence-corrected chi connectivity index (χ0v) is 14.7. The molecule has 1 atom stereocenters. The molecule has 1 unspecified atom stereocenters. The molecule has 2 amide bonds. The van der Waals surface area contributed by atoms with E-state index in [0.29, 0.717) is 26.2 Å². The van der Waals surface area contributed by atoms with Crippen LogP contribution in [0.5, 0.6) is 0 Å². The number of carbonyl (C=O) groups excluding carboxylic acids is 2. The Morgan fingerprint density at radius 3 is 2.88 bits per heavy atom. The highest BCUT2D eigenvalue weighted by atomic mass is 35.5. The molecule has 1 aliphatic rings. The van der Waals surface area contributed by atoms with E-state index in [9.17, 15) is 14.0 Å². The number of nitrogens with one attached hydrogen (secondary N) is 2. The van der Waals surface area contributed by atoms with Crippen molar-refractivity contribution in [3.05, 3.63) is 35.6 Å². The molecule has 0 radical (unpaired) electrons.